The van der Waals surface area contributed by atoms with Gasteiger partial charge in [0.15, 0.2) is 0 Å². The predicted molar refractivity (Wildman–Crippen MR) is 114 cm³/mol. The quantitative estimate of drug-likeness (QED) is 0.426. The van der Waals surface area contributed by atoms with Crippen molar-refractivity contribution in [3.8, 4) is 5.82 Å². The normalized spacial score (nSPS) is 11.9. The first-order valence-electron chi connectivity index (χ1n) is 9.35. The van der Waals surface area contributed by atoms with E-state index < -0.39 is 5.82 Å². The Morgan fingerprint density at radius 1 is 1.20 bits per heavy atom. The van der Waals surface area contributed by atoms with E-state index in [4.69, 9.17) is 11.6 Å². The molecule has 5 N–H and O–H groups in total. The molecule has 0 aliphatic carbocycles. The molecule has 0 unspecified atom stereocenters. The van der Waals surface area contributed by atoms with E-state index in [1.807, 2.05) is 13.8 Å². The van der Waals surface area contributed by atoms with Gasteiger partial charge in [-0.15, -0.1) is 0 Å². The Hall–Kier alpha value is -3.72. The number of rotatable bonds is 6. The summed E-state index contributed by atoms with van der Waals surface area (Å²) in [6.07, 6.45) is 4.72. The number of aromatic nitrogens is 3. The molecule has 2 aromatic heterocycles. The maximum atomic E-state index is 14.2. The highest BCUT2D eigenvalue weighted by molar-refractivity contribution is 5.94. The molecule has 8 nitrogen and oxygen atoms in total. The molecule has 0 atom stereocenters. The molecule has 0 saturated heterocycles. The molecule has 3 rings (SSSR count). The molecule has 0 aliphatic heterocycles. The van der Waals surface area contributed by atoms with Crippen molar-refractivity contribution in [2.24, 2.45) is 11.6 Å². The Labute approximate surface area is 174 Å². The smallest absolute Gasteiger partial charge is 0.253 e. The van der Waals surface area contributed by atoms with Crippen LogP contribution in [-0.2, 0) is 0 Å². The summed E-state index contributed by atoms with van der Waals surface area (Å²) >= 11 is 0. The molecule has 0 spiro atoms. The van der Waals surface area contributed by atoms with Gasteiger partial charge in [-0.3, -0.25) is 14.4 Å². The van der Waals surface area contributed by atoms with Crippen molar-refractivity contribution in [3.63, 3.8) is 0 Å². The number of pyridine rings is 1. The third kappa shape index (κ3) is 4.47. The Morgan fingerprint density at radius 2 is 1.93 bits per heavy atom. The van der Waals surface area contributed by atoms with Crippen molar-refractivity contribution < 1.29 is 9.18 Å². The molecular weight excluding hydrogens is 385 g/mol. The number of amides is 1. The summed E-state index contributed by atoms with van der Waals surface area (Å²) in [4.78, 5) is 20.7. The number of benzene rings is 1. The molecule has 1 aromatic carbocycles. The van der Waals surface area contributed by atoms with Crippen LogP contribution in [0, 0.1) is 5.82 Å². The second kappa shape index (κ2) is 8.75. The highest BCUT2D eigenvalue weighted by Gasteiger charge is 2.19. The topological polar surface area (TPSA) is 115 Å². The molecule has 1 amide bonds. The van der Waals surface area contributed by atoms with Crippen LogP contribution >= 0.6 is 0 Å². The fourth-order valence-electron chi connectivity index (χ4n) is 2.87. The van der Waals surface area contributed by atoms with E-state index in [-0.39, 0.29) is 17.6 Å². The number of carbonyl (C=O) groups excluding carboxylic acids is 1. The van der Waals surface area contributed by atoms with Gasteiger partial charge in [0.05, 0.1) is 11.3 Å². The van der Waals surface area contributed by atoms with Gasteiger partial charge in [-0.2, -0.15) is 0 Å². The van der Waals surface area contributed by atoms with E-state index in [1.165, 1.54) is 17.3 Å². The number of para-hydroxylation sites is 1. The number of hydrogen-bond acceptors (Lipinski definition) is 6. The first-order valence-corrected chi connectivity index (χ1v) is 9.35. The summed E-state index contributed by atoms with van der Waals surface area (Å²) < 4.78 is 15.8. The number of carbonyl (C=O) groups is 1. The van der Waals surface area contributed by atoms with Crippen molar-refractivity contribution in [2.45, 2.75) is 26.8 Å². The lowest BCUT2D eigenvalue weighted by atomic mass is 10.2. The lowest BCUT2D eigenvalue weighted by Crippen LogP contribution is -2.32. The van der Waals surface area contributed by atoms with Crippen LogP contribution in [0.15, 0.2) is 60.8 Å². The summed E-state index contributed by atoms with van der Waals surface area (Å²) in [5.41, 5.74) is 7.84. The van der Waals surface area contributed by atoms with Gasteiger partial charge in [0.2, 0.25) is 0 Å². The van der Waals surface area contributed by atoms with Gasteiger partial charge >= 0.3 is 0 Å². The number of allylic oxidation sites excluding steroid dienone is 1. The van der Waals surface area contributed by atoms with Crippen LogP contribution in [0.5, 0.6) is 0 Å². The number of hydrazine groups is 1. The lowest BCUT2D eigenvalue weighted by molar-refractivity contribution is 0.0943. The van der Waals surface area contributed by atoms with Crippen molar-refractivity contribution in [1.29, 1.82) is 0 Å². The predicted octanol–water partition coefficient (Wildman–Crippen LogP) is 2.57. The summed E-state index contributed by atoms with van der Waals surface area (Å²) in [5.74, 6) is 6.05. The molecule has 156 valence electrons. The van der Waals surface area contributed by atoms with E-state index in [1.54, 1.807) is 54.3 Å². The van der Waals surface area contributed by atoms with Crippen molar-refractivity contribution in [3.05, 3.63) is 77.9 Å². The van der Waals surface area contributed by atoms with Crippen molar-refractivity contribution in [1.82, 2.24) is 19.9 Å². The largest absolute Gasteiger partial charge is 0.400 e. The maximum absolute atomic E-state index is 14.2. The third-order valence-corrected chi connectivity index (χ3v) is 4.25. The van der Waals surface area contributed by atoms with Gasteiger partial charge in [0, 0.05) is 24.1 Å². The highest BCUT2D eigenvalue weighted by atomic mass is 19.1. The molecule has 0 bridgehead atoms. The summed E-state index contributed by atoms with van der Waals surface area (Å²) in [6.45, 7) is 5.44. The number of nitrogens with one attached hydrogen (secondary N) is 1. The zero-order valence-corrected chi connectivity index (χ0v) is 17.0. The molecule has 0 saturated carbocycles. The van der Waals surface area contributed by atoms with E-state index in [0.717, 1.165) is 0 Å². The van der Waals surface area contributed by atoms with E-state index in [0.29, 0.717) is 28.5 Å². The number of halogens is 1. The first-order chi connectivity index (χ1) is 14.3. The van der Waals surface area contributed by atoms with E-state index in [9.17, 15) is 9.18 Å². The number of imidazole rings is 1. The van der Waals surface area contributed by atoms with Gasteiger partial charge in [-0.05, 0) is 45.0 Å². The van der Waals surface area contributed by atoms with Crippen molar-refractivity contribution in [2.75, 3.05) is 5.01 Å². The average molecular weight is 409 g/mol. The minimum absolute atomic E-state index is 0.0340. The minimum atomic E-state index is -0.477. The summed E-state index contributed by atoms with van der Waals surface area (Å²) in [7, 11) is 0. The fraction of sp³-hybridized carbons (Fsp3) is 0.190. The van der Waals surface area contributed by atoms with Gasteiger partial charge in [-0.25, -0.2) is 20.2 Å². The molecule has 30 heavy (non-hydrogen) atoms. The highest BCUT2D eigenvalue weighted by Crippen LogP contribution is 2.26. The molecule has 0 fully saturated rings. The Bertz CT molecular complexity index is 1070. The van der Waals surface area contributed by atoms with E-state index >= 15 is 0 Å². The standard InChI is InChI=1S/C21H24FN7O/c1-13(2)27-21(30)15-8-9-19(25-10-15)28-11-17(26-12-28)20(14(3)23)29(24)18-7-5-4-6-16(18)22/h4-13H,23-24H2,1-3H3,(H,27,30)/b20-14-. The molecule has 0 radical (unpaired) electrons. The van der Waals surface area contributed by atoms with Crippen LogP contribution in [-0.4, -0.2) is 26.5 Å². The minimum Gasteiger partial charge on any atom is -0.400 e. The van der Waals surface area contributed by atoms with Crippen molar-refractivity contribution >= 4 is 17.3 Å². The van der Waals surface area contributed by atoms with Crippen LogP contribution in [0.4, 0.5) is 10.1 Å². The molecule has 0 aliphatic rings. The Kier molecular flexibility index (Phi) is 6.12. The van der Waals surface area contributed by atoms with Gasteiger partial charge in [0.25, 0.3) is 5.91 Å². The Morgan fingerprint density at radius 3 is 2.53 bits per heavy atom. The number of nitrogens with two attached hydrogens (primary N) is 2. The molecule has 9 heteroatoms. The maximum Gasteiger partial charge on any atom is 0.253 e. The monoisotopic (exact) mass is 409 g/mol. The molecular formula is C21H24FN7O. The van der Waals surface area contributed by atoms with Gasteiger partial charge in [-0.1, -0.05) is 12.1 Å². The zero-order valence-electron chi connectivity index (χ0n) is 17.0. The number of hydrogen-bond donors (Lipinski definition) is 3. The van der Waals surface area contributed by atoms with Crippen LogP contribution in [0.1, 0.15) is 36.8 Å². The van der Waals surface area contributed by atoms with Crippen LogP contribution < -0.4 is 21.9 Å². The second-order valence-electron chi connectivity index (χ2n) is 7.05. The SMILES string of the molecule is C/C(N)=C(\c1cn(-c2ccc(C(=O)NC(C)C)cn2)cn1)N(N)c1ccccc1F. The lowest BCUT2D eigenvalue weighted by Gasteiger charge is -2.22. The van der Waals surface area contributed by atoms with Crippen LogP contribution in [0.2, 0.25) is 0 Å². The fourth-order valence-corrected chi connectivity index (χ4v) is 2.87. The summed E-state index contributed by atoms with van der Waals surface area (Å²) in [5, 5.41) is 3.98. The first kappa shape index (κ1) is 21.0. The average Bonchev–Trinajstić information content (AvgIpc) is 3.17. The molecule has 3 aromatic rings. The van der Waals surface area contributed by atoms with Gasteiger partial charge in [0.1, 0.15) is 29.4 Å². The van der Waals surface area contributed by atoms with Crippen LogP contribution in [0.3, 0.4) is 0 Å². The van der Waals surface area contributed by atoms with E-state index in [2.05, 4.69) is 15.3 Å². The second-order valence-corrected chi connectivity index (χ2v) is 7.05. The van der Waals surface area contributed by atoms with Crippen LogP contribution in [0.25, 0.3) is 11.5 Å². The van der Waals surface area contributed by atoms with Gasteiger partial charge < -0.3 is 11.1 Å². The third-order valence-electron chi connectivity index (χ3n) is 4.25. The number of nitrogens with zero attached hydrogens (tertiary/aromatic N) is 4. The Balaban J connectivity index is 1.88. The summed E-state index contributed by atoms with van der Waals surface area (Å²) in [6, 6.07) is 9.55. The zero-order chi connectivity index (χ0) is 21.8. The number of anilines is 1. The molecule has 2 heterocycles.